The SMILES string of the molecule is c1ccc(-c2cccc3cccc(-c4ccc(N(c5ccc(-c6ccc(-n7c8ccccc8c8ccccc87)cc6)cc5)c5cccc6c7ccccc7n(-c7ccccc7)c56)cc4)c23)cc1. The van der Waals surface area contributed by atoms with Crippen LogP contribution >= 0.6 is 0 Å². The molecule has 0 fully saturated rings. The lowest BCUT2D eigenvalue weighted by molar-refractivity contribution is 1.17. The molecule has 0 aliphatic carbocycles. The fourth-order valence-corrected chi connectivity index (χ4v) is 10.5. The van der Waals surface area contributed by atoms with Crippen LogP contribution in [0.1, 0.15) is 0 Å². The van der Waals surface area contributed by atoms with Gasteiger partial charge in [-0.25, -0.2) is 0 Å². The summed E-state index contributed by atoms with van der Waals surface area (Å²) in [6.45, 7) is 0. The highest BCUT2D eigenvalue weighted by Crippen LogP contribution is 2.45. The molecular formula is C64H43N3. The molecule has 2 heterocycles. The first kappa shape index (κ1) is 38.5. The number of para-hydroxylation sites is 5. The van der Waals surface area contributed by atoms with E-state index in [1.165, 1.54) is 76.7 Å². The Labute approximate surface area is 389 Å². The Balaban J connectivity index is 0.947. The van der Waals surface area contributed by atoms with E-state index in [1.807, 2.05) is 0 Å². The average Bonchev–Trinajstić information content (AvgIpc) is 3.93. The van der Waals surface area contributed by atoms with E-state index in [-0.39, 0.29) is 0 Å². The third kappa shape index (κ3) is 6.43. The van der Waals surface area contributed by atoms with Crippen LogP contribution in [0.3, 0.4) is 0 Å². The predicted molar refractivity (Wildman–Crippen MR) is 284 cm³/mol. The van der Waals surface area contributed by atoms with Gasteiger partial charge in [-0.1, -0.05) is 188 Å². The molecule has 0 unspecified atom stereocenters. The topological polar surface area (TPSA) is 13.1 Å². The summed E-state index contributed by atoms with van der Waals surface area (Å²) < 4.78 is 4.80. The summed E-state index contributed by atoms with van der Waals surface area (Å²) in [6.07, 6.45) is 0. The molecule has 11 aromatic carbocycles. The normalized spacial score (nSPS) is 11.6. The van der Waals surface area contributed by atoms with Gasteiger partial charge in [-0.15, -0.1) is 0 Å². The maximum Gasteiger partial charge on any atom is 0.0782 e. The van der Waals surface area contributed by atoms with Gasteiger partial charge >= 0.3 is 0 Å². The highest BCUT2D eigenvalue weighted by Gasteiger charge is 2.22. The number of hydrogen-bond acceptors (Lipinski definition) is 1. The summed E-state index contributed by atoms with van der Waals surface area (Å²) in [6, 6.07) is 94.8. The number of anilines is 3. The summed E-state index contributed by atoms with van der Waals surface area (Å²) in [5.74, 6) is 0. The van der Waals surface area contributed by atoms with Crippen LogP contribution in [0, 0.1) is 0 Å². The van der Waals surface area contributed by atoms with Crippen molar-refractivity contribution < 1.29 is 0 Å². The van der Waals surface area contributed by atoms with Crippen LogP contribution in [0.25, 0.3) is 99.1 Å². The van der Waals surface area contributed by atoms with Crippen molar-refractivity contribution in [3.8, 4) is 44.8 Å². The molecule has 0 radical (unpaired) electrons. The van der Waals surface area contributed by atoms with Crippen molar-refractivity contribution in [3.05, 3.63) is 261 Å². The minimum absolute atomic E-state index is 1.08. The van der Waals surface area contributed by atoms with E-state index < -0.39 is 0 Å². The van der Waals surface area contributed by atoms with Gasteiger partial charge in [-0.3, -0.25) is 0 Å². The van der Waals surface area contributed by atoms with Crippen LogP contribution in [-0.4, -0.2) is 9.13 Å². The highest BCUT2D eigenvalue weighted by atomic mass is 15.2. The molecule has 0 aliphatic rings. The number of fused-ring (bicyclic) bond motifs is 7. The molecule has 13 aromatic rings. The molecule has 0 N–H and O–H groups in total. The molecule has 0 aliphatic heterocycles. The molecule has 0 bridgehead atoms. The van der Waals surface area contributed by atoms with E-state index >= 15 is 0 Å². The highest BCUT2D eigenvalue weighted by molar-refractivity contribution is 6.15. The van der Waals surface area contributed by atoms with Gasteiger partial charge in [0.25, 0.3) is 0 Å². The summed E-state index contributed by atoms with van der Waals surface area (Å²) in [4.78, 5) is 2.43. The number of hydrogen-bond donors (Lipinski definition) is 0. The Bertz CT molecular complexity index is 3880. The first-order chi connectivity index (χ1) is 33.3. The fraction of sp³-hybridized carbons (Fsp3) is 0. The van der Waals surface area contributed by atoms with Crippen LogP contribution in [0.2, 0.25) is 0 Å². The minimum Gasteiger partial charge on any atom is -0.309 e. The van der Waals surface area contributed by atoms with Crippen molar-refractivity contribution in [1.82, 2.24) is 9.13 Å². The number of rotatable bonds is 8. The average molecular weight is 854 g/mol. The first-order valence-electron chi connectivity index (χ1n) is 23.0. The lowest BCUT2D eigenvalue weighted by Crippen LogP contribution is -2.11. The Morgan fingerprint density at radius 3 is 1.27 bits per heavy atom. The quantitative estimate of drug-likeness (QED) is 0.148. The molecule has 2 aromatic heterocycles. The Morgan fingerprint density at radius 1 is 0.269 bits per heavy atom. The van der Waals surface area contributed by atoms with E-state index in [2.05, 4.69) is 275 Å². The molecular weight excluding hydrogens is 811 g/mol. The van der Waals surface area contributed by atoms with Crippen molar-refractivity contribution in [1.29, 1.82) is 0 Å². The lowest BCUT2D eigenvalue weighted by Gasteiger charge is -2.27. The van der Waals surface area contributed by atoms with Crippen molar-refractivity contribution in [3.63, 3.8) is 0 Å². The molecule has 0 atom stereocenters. The van der Waals surface area contributed by atoms with Crippen LogP contribution in [0.15, 0.2) is 261 Å². The zero-order chi connectivity index (χ0) is 44.3. The van der Waals surface area contributed by atoms with Crippen molar-refractivity contribution in [2.45, 2.75) is 0 Å². The van der Waals surface area contributed by atoms with E-state index in [0.29, 0.717) is 0 Å². The molecule has 0 spiro atoms. The van der Waals surface area contributed by atoms with Crippen LogP contribution in [0.5, 0.6) is 0 Å². The van der Waals surface area contributed by atoms with Gasteiger partial charge < -0.3 is 14.0 Å². The van der Waals surface area contributed by atoms with E-state index in [9.17, 15) is 0 Å². The second-order valence-electron chi connectivity index (χ2n) is 17.3. The third-order valence-corrected chi connectivity index (χ3v) is 13.5. The standard InChI is InChI=1S/C64H43N3/c1-3-16-46(17-4-1)53-25-13-18-48-19-14-26-54(63(48)53)47-36-42-51(43-37-47)65(62-31-15-27-58-57-24-9-12-30-61(57)67(64(58)62)49-20-5-2-6-21-49)50-38-32-44(33-39-50)45-34-40-52(41-35-45)66-59-28-10-7-22-55(59)56-23-8-11-29-60(56)66/h1-43H. The third-order valence-electron chi connectivity index (χ3n) is 13.5. The zero-order valence-electron chi connectivity index (χ0n) is 36.7. The van der Waals surface area contributed by atoms with Crippen molar-refractivity contribution in [2.24, 2.45) is 0 Å². The summed E-state index contributed by atoms with van der Waals surface area (Å²) in [7, 11) is 0. The number of aromatic nitrogens is 2. The van der Waals surface area contributed by atoms with Gasteiger partial charge in [0.15, 0.2) is 0 Å². The maximum atomic E-state index is 2.43. The van der Waals surface area contributed by atoms with E-state index in [1.54, 1.807) is 0 Å². The minimum atomic E-state index is 1.08. The summed E-state index contributed by atoms with van der Waals surface area (Å²) >= 11 is 0. The van der Waals surface area contributed by atoms with E-state index in [0.717, 1.165) is 39.5 Å². The Kier molecular flexibility index (Phi) is 9.17. The molecule has 314 valence electrons. The van der Waals surface area contributed by atoms with Crippen LogP contribution < -0.4 is 4.90 Å². The van der Waals surface area contributed by atoms with Gasteiger partial charge in [0.1, 0.15) is 0 Å². The van der Waals surface area contributed by atoms with Gasteiger partial charge in [0, 0.05) is 44.3 Å². The second kappa shape index (κ2) is 16.0. The molecule has 0 saturated heterocycles. The van der Waals surface area contributed by atoms with Crippen LogP contribution in [-0.2, 0) is 0 Å². The van der Waals surface area contributed by atoms with Gasteiger partial charge in [0.2, 0.25) is 0 Å². The van der Waals surface area contributed by atoms with Gasteiger partial charge in [0.05, 0.1) is 27.8 Å². The number of nitrogens with zero attached hydrogens (tertiary/aromatic N) is 3. The molecule has 67 heavy (non-hydrogen) atoms. The maximum absolute atomic E-state index is 2.43. The molecule has 0 amide bonds. The summed E-state index contributed by atoms with van der Waals surface area (Å²) in [5.41, 5.74) is 17.5. The summed E-state index contributed by atoms with van der Waals surface area (Å²) in [5, 5.41) is 7.46. The fourth-order valence-electron chi connectivity index (χ4n) is 10.5. The second-order valence-corrected chi connectivity index (χ2v) is 17.3. The molecule has 3 heteroatoms. The Morgan fingerprint density at radius 2 is 0.687 bits per heavy atom. The first-order valence-corrected chi connectivity index (χ1v) is 23.0. The van der Waals surface area contributed by atoms with E-state index in [4.69, 9.17) is 0 Å². The van der Waals surface area contributed by atoms with Gasteiger partial charge in [-0.2, -0.15) is 0 Å². The lowest BCUT2D eigenvalue weighted by atomic mass is 9.91. The molecule has 0 saturated carbocycles. The van der Waals surface area contributed by atoms with Crippen molar-refractivity contribution in [2.75, 3.05) is 4.90 Å². The molecule has 3 nitrogen and oxygen atoms in total. The largest absolute Gasteiger partial charge is 0.309 e. The zero-order valence-corrected chi connectivity index (χ0v) is 36.7. The number of benzene rings is 11. The Hall–Kier alpha value is -8.92. The molecule has 13 rings (SSSR count). The monoisotopic (exact) mass is 853 g/mol. The van der Waals surface area contributed by atoms with Crippen LogP contribution in [0.4, 0.5) is 17.1 Å². The smallest absolute Gasteiger partial charge is 0.0782 e. The predicted octanol–water partition coefficient (Wildman–Crippen LogP) is 17.5. The van der Waals surface area contributed by atoms with Crippen molar-refractivity contribution >= 4 is 71.4 Å². The van der Waals surface area contributed by atoms with Gasteiger partial charge in [-0.05, 0) is 117 Å².